The molecule has 1 atom stereocenters. The molecule has 3 N–H and O–H groups in total. The Bertz CT molecular complexity index is 291. The van der Waals surface area contributed by atoms with E-state index in [1.807, 2.05) is 0 Å². The first-order chi connectivity index (χ1) is 11.5. The highest BCUT2D eigenvalue weighted by atomic mass is 16.4. The molecule has 0 aromatic carbocycles. The molecule has 0 radical (unpaired) electrons. The Kier molecular flexibility index (Phi) is 20.9. The molecule has 5 nitrogen and oxygen atoms in total. The van der Waals surface area contributed by atoms with Crippen molar-refractivity contribution >= 4 is 11.9 Å². The van der Waals surface area contributed by atoms with Crippen molar-refractivity contribution in [2.45, 2.75) is 97.3 Å². The van der Waals surface area contributed by atoms with Crippen LogP contribution in [0.1, 0.15) is 97.3 Å². The van der Waals surface area contributed by atoms with Crippen LogP contribution in [-0.4, -0.2) is 33.9 Å². The van der Waals surface area contributed by atoms with Crippen LogP contribution in [0.25, 0.3) is 0 Å². The van der Waals surface area contributed by atoms with Crippen LogP contribution < -0.4 is 0 Å². The van der Waals surface area contributed by atoms with Gasteiger partial charge in [0, 0.05) is 13.0 Å². The van der Waals surface area contributed by atoms with E-state index in [0.717, 1.165) is 57.8 Å². The molecule has 0 aliphatic rings. The number of unbranched alkanes of at least 4 members (excludes halogenated alkanes) is 7. The molecule has 0 rings (SSSR count). The van der Waals surface area contributed by atoms with Gasteiger partial charge < -0.3 is 15.3 Å². The molecule has 0 heterocycles. The van der Waals surface area contributed by atoms with Crippen LogP contribution >= 0.6 is 0 Å². The SMILES string of the molecule is CCCCCCC(CCCC)C(=O)O.O=C(O)CCCCCCO. The number of aliphatic hydroxyl groups excluding tert-OH is 1. The Morgan fingerprint density at radius 3 is 1.79 bits per heavy atom. The van der Waals surface area contributed by atoms with Crippen molar-refractivity contribution in [3.8, 4) is 0 Å². The number of carboxylic acids is 2. The minimum Gasteiger partial charge on any atom is -0.481 e. The third-order valence-electron chi connectivity index (χ3n) is 3.96. The summed E-state index contributed by atoms with van der Waals surface area (Å²) in [5.74, 6) is -1.43. The first-order valence-electron chi connectivity index (χ1n) is 9.54. The van der Waals surface area contributed by atoms with Crippen molar-refractivity contribution in [3.63, 3.8) is 0 Å². The average molecular weight is 347 g/mol. The third kappa shape index (κ3) is 20.9. The molecular weight excluding hydrogens is 308 g/mol. The summed E-state index contributed by atoms with van der Waals surface area (Å²) in [4.78, 5) is 20.9. The summed E-state index contributed by atoms with van der Waals surface area (Å²) in [5, 5.41) is 25.5. The second-order valence-corrected chi connectivity index (χ2v) is 6.31. The highest BCUT2D eigenvalue weighted by Crippen LogP contribution is 2.17. The second-order valence-electron chi connectivity index (χ2n) is 6.31. The molecule has 0 saturated heterocycles. The fraction of sp³-hybridized carbons (Fsp3) is 0.895. The molecule has 24 heavy (non-hydrogen) atoms. The molecule has 0 saturated carbocycles. The molecule has 0 amide bonds. The van der Waals surface area contributed by atoms with E-state index in [9.17, 15) is 9.59 Å². The molecular formula is C19H38O5. The van der Waals surface area contributed by atoms with E-state index in [1.165, 1.54) is 19.3 Å². The molecule has 0 aromatic rings. The van der Waals surface area contributed by atoms with Gasteiger partial charge in [-0.15, -0.1) is 0 Å². The summed E-state index contributed by atoms with van der Waals surface area (Å²) in [6.07, 6.45) is 12.2. The van der Waals surface area contributed by atoms with Crippen molar-refractivity contribution < 1.29 is 24.9 Å². The standard InChI is InChI=1S/C12H24O2.C7H14O3/c1-3-5-7-8-10-11(12(13)14)9-6-4-2;8-6-4-2-1-3-5-7(9)10/h11H,3-10H2,1-2H3,(H,13,14);8H,1-6H2,(H,9,10). The van der Waals surface area contributed by atoms with Crippen LogP contribution in [0.5, 0.6) is 0 Å². The van der Waals surface area contributed by atoms with Crippen LogP contribution in [0.4, 0.5) is 0 Å². The summed E-state index contributed by atoms with van der Waals surface area (Å²) in [6.45, 7) is 4.49. The van der Waals surface area contributed by atoms with Gasteiger partial charge in [-0.05, 0) is 25.7 Å². The number of aliphatic carboxylic acids is 2. The number of rotatable bonds is 15. The van der Waals surface area contributed by atoms with Gasteiger partial charge in [-0.1, -0.05) is 65.2 Å². The summed E-state index contributed by atoms with van der Waals surface area (Å²) in [7, 11) is 0. The lowest BCUT2D eigenvalue weighted by Crippen LogP contribution is -2.13. The van der Waals surface area contributed by atoms with E-state index in [4.69, 9.17) is 15.3 Å². The van der Waals surface area contributed by atoms with Crippen LogP contribution in [0, 0.1) is 5.92 Å². The molecule has 0 bridgehead atoms. The molecule has 5 heteroatoms. The number of hydrogen-bond donors (Lipinski definition) is 3. The highest BCUT2D eigenvalue weighted by Gasteiger charge is 2.15. The number of carboxylic acid groups (broad SMARTS) is 2. The third-order valence-corrected chi connectivity index (χ3v) is 3.96. The zero-order chi connectivity index (χ0) is 18.6. The Hall–Kier alpha value is -1.10. The van der Waals surface area contributed by atoms with Gasteiger partial charge in [0.05, 0.1) is 5.92 Å². The fourth-order valence-corrected chi connectivity index (χ4v) is 2.40. The predicted molar refractivity (Wildman–Crippen MR) is 97.2 cm³/mol. The maximum absolute atomic E-state index is 10.9. The minimum atomic E-state index is -0.732. The monoisotopic (exact) mass is 346 g/mol. The van der Waals surface area contributed by atoms with E-state index in [1.54, 1.807) is 0 Å². The maximum atomic E-state index is 10.9. The molecule has 144 valence electrons. The van der Waals surface area contributed by atoms with Crippen LogP contribution in [0.15, 0.2) is 0 Å². The molecule has 0 aliphatic carbocycles. The summed E-state index contributed by atoms with van der Waals surface area (Å²) >= 11 is 0. The summed E-state index contributed by atoms with van der Waals surface area (Å²) in [6, 6.07) is 0. The van der Waals surface area contributed by atoms with Crippen molar-refractivity contribution in [2.75, 3.05) is 6.61 Å². The topological polar surface area (TPSA) is 94.8 Å². The van der Waals surface area contributed by atoms with E-state index in [0.29, 0.717) is 0 Å². The molecule has 0 aliphatic heterocycles. The van der Waals surface area contributed by atoms with Crippen molar-refractivity contribution in [3.05, 3.63) is 0 Å². The first-order valence-corrected chi connectivity index (χ1v) is 9.54. The van der Waals surface area contributed by atoms with Crippen LogP contribution in [0.3, 0.4) is 0 Å². The van der Waals surface area contributed by atoms with Gasteiger partial charge in [-0.2, -0.15) is 0 Å². The van der Waals surface area contributed by atoms with Gasteiger partial charge >= 0.3 is 11.9 Å². The Morgan fingerprint density at radius 1 is 0.750 bits per heavy atom. The Labute approximate surface area is 147 Å². The van der Waals surface area contributed by atoms with Gasteiger partial charge in [-0.25, -0.2) is 0 Å². The summed E-state index contributed by atoms with van der Waals surface area (Å²) in [5.41, 5.74) is 0. The molecule has 1 unspecified atom stereocenters. The highest BCUT2D eigenvalue weighted by molar-refractivity contribution is 5.69. The smallest absolute Gasteiger partial charge is 0.306 e. The maximum Gasteiger partial charge on any atom is 0.306 e. The second kappa shape index (κ2) is 19.9. The van der Waals surface area contributed by atoms with Gasteiger partial charge in [-0.3, -0.25) is 9.59 Å². The normalized spacial score (nSPS) is 11.5. The number of carbonyl (C=O) groups is 2. The van der Waals surface area contributed by atoms with Gasteiger partial charge in [0.15, 0.2) is 0 Å². The number of aliphatic hydroxyl groups is 1. The van der Waals surface area contributed by atoms with E-state index in [2.05, 4.69) is 13.8 Å². The number of hydrogen-bond acceptors (Lipinski definition) is 3. The van der Waals surface area contributed by atoms with Gasteiger partial charge in [0.1, 0.15) is 0 Å². The average Bonchev–Trinajstić information content (AvgIpc) is 2.54. The quantitative estimate of drug-likeness (QED) is 0.368. The zero-order valence-electron chi connectivity index (χ0n) is 15.6. The van der Waals surface area contributed by atoms with Crippen molar-refractivity contribution in [1.29, 1.82) is 0 Å². The lowest BCUT2D eigenvalue weighted by atomic mass is 9.95. The van der Waals surface area contributed by atoms with Crippen molar-refractivity contribution in [2.24, 2.45) is 5.92 Å². The van der Waals surface area contributed by atoms with E-state index < -0.39 is 11.9 Å². The van der Waals surface area contributed by atoms with Gasteiger partial charge in [0.2, 0.25) is 0 Å². The zero-order valence-corrected chi connectivity index (χ0v) is 15.6. The minimum absolute atomic E-state index is 0.0909. The Morgan fingerprint density at radius 2 is 1.29 bits per heavy atom. The lowest BCUT2D eigenvalue weighted by Gasteiger charge is -2.10. The van der Waals surface area contributed by atoms with Crippen molar-refractivity contribution in [1.82, 2.24) is 0 Å². The van der Waals surface area contributed by atoms with E-state index in [-0.39, 0.29) is 18.9 Å². The molecule has 0 spiro atoms. The van der Waals surface area contributed by atoms with E-state index >= 15 is 0 Å². The van der Waals surface area contributed by atoms with Crippen LogP contribution in [0.2, 0.25) is 0 Å². The molecule has 0 fully saturated rings. The lowest BCUT2D eigenvalue weighted by molar-refractivity contribution is -0.142. The summed E-state index contributed by atoms with van der Waals surface area (Å²) < 4.78 is 0. The van der Waals surface area contributed by atoms with Gasteiger partial charge in [0.25, 0.3) is 0 Å². The molecule has 0 aromatic heterocycles. The van der Waals surface area contributed by atoms with Crippen LogP contribution in [-0.2, 0) is 9.59 Å². The largest absolute Gasteiger partial charge is 0.481 e. The predicted octanol–water partition coefficient (Wildman–Crippen LogP) is 4.86. The fourth-order valence-electron chi connectivity index (χ4n) is 2.40. The first kappa shape index (κ1) is 25.1. The Balaban J connectivity index is 0.